The molecule has 2 nitrogen and oxygen atoms in total. The predicted molar refractivity (Wildman–Crippen MR) is 94.5 cm³/mol. The molecule has 21 heavy (non-hydrogen) atoms. The van der Waals surface area contributed by atoms with Crippen LogP contribution < -0.4 is 0 Å². The number of likely N-dealkylation sites (tertiary alicyclic amines) is 1. The molecule has 1 atom stereocenters. The Morgan fingerprint density at radius 1 is 1.10 bits per heavy atom. The van der Waals surface area contributed by atoms with Crippen LogP contribution in [0.25, 0.3) is 0 Å². The molecular formula is C17H23Br2NO. The second-order valence-corrected chi connectivity index (χ2v) is 8.78. The van der Waals surface area contributed by atoms with E-state index in [0.29, 0.717) is 11.3 Å². The Hall–Kier alpha value is -0.350. The van der Waals surface area contributed by atoms with E-state index < -0.39 is 0 Å². The minimum Gasteiger partial charge on any atom is -0.339 e. The van der Waals surface area contributed by atoms with Crippen LogP contribution in [0.15, 0.2) is 27.1 Å². The van der Waals surface area contributed by atoms with Crippen molar-refractivity contribution in [3.05, 3.63) is 32.7 Å². The van der Waals surface area contributed by atoms with Crippen LogP contribution >= 0.6 is 31.9 Å². The second kappa shape index (κ2) is 6.82. The van der Waals surface area contributed by atoms with Crippen LogP contribution in [0.5, 0.6) is 0 Å². The van der Waals surface area contributed by atoms with Crippen LogP contribution in [0, 0.1) is 11.3 Å². The van der Waals surface area contributed by atoms with Gasteiger partial charge in [0.1, 0.15) is 0 Å². The number of hydrogen-bond donors (Lipinski definition) is 0. The van der Waals surface area contributed by atoms with E-state index in [1.165, 1.54) is 6.42 Å². The van der Waals surface area contributed by atoms with Gasteiger partial charge in [-0.1, -0.05) is 52.6 Å². The number of nitrogens with zero attached hydrogens (tertiary/aromatic N) is 1. The molecule has 0 radical (unpaired) electrons. The fourth-order valence-corrected chi connectivity index (χ4v) is 4.32. The standard InChI is InChI=1S/C17H23Br2NO/c1-17(2,3)13-5-4-7-20(8-6-13)16(21)12-9-14(18)11-15(19)10-12/h9-11,13H,4-8H2,1-3H3. The van der Waals surface area contributed by atoms with Crippen LogP contribution in [-0.2, 0) is 0 Å². The van der Waals surface area contributed by atoms with Crippen molar-refractivity contribution in [3.8, 4) is 0 Å². The molecule has 1 aliphatic rings. The van der Waals surface area contributed by atoms with Gasteiger partial charge in [-0.2, -0.15) is 0 Å². The molecule has 0 aromatic heterocycles. The van der Waals surface area contributed by atoms with Gasteiger partial charge in [-0.3, -0.25) is 4.79 Å². The first-order chi connectivity index (χ1) is 9.77. The maximum Gasteiger partial charge on any atom is 0.253 e. The highest BCUT2D eigenvalue weighted by molar-refractivity contribution is 9.11. The maximum absolute atomic E-state index is 12.7. The summed E-state index contributed by atoms with van der Waals surface area (Å²) in [6, 6.07) is 5.76. The molecular weight excluding hydrogens is 394 g/mol. The van der Waals surface area contributed by atoms with Crippen LogP contribution in [0.3, 0.4) is 0 Å². The minimum absolute atomic E-state index is 0.145. The Labute approximate surface area is 144 Å². The molecule has 1 aliphatic heterocycles. The Bertz CT molecular complexity index is 502. The molecule has 0 N–H and O–H groups in total. The third-order valence-electron chi connectivity index (χ3n) is 4.35. The van der Waals surface area contributed by atoms with E-state index in [1.807, 2.05) is 23.1 Å². The molecule has 1 saturated heterocycles. The van der Waals surface area contributed by atoms with E-state index in [9.17, 15) is 4.79 Å². The van der Waals surface area contributed by atoms with E-state index in [1.54, 1.807) is 0 Å². The number of rotatable bonds is 1. The van der Waals surface area contributed by atoms with Crippen molar-refractivity contribution in [2.75, 3.05) is 13.1 Å². The van der Waals surface area contributed by atoms with Crippen LogP contribution in [-0.4, -0.2) is 23.9 Å². The summed E-state index contributed by atoms with van der Waals surface area (Å²) in [5.41, 5.74) is 1.09. The van der Waals surface area contributed by atoms with Gasteiger partial charge in [0.25, 0.3) is 5.91 Å². The third kappa shape index (κ3) is 4.56. The third-order valence-corrected chi connectivity index (χ3v) is 5.27. The smallest absolute Gasteiger partial charge is 0.253 e. The number of carbonyl (C=O) groups excluding carboxylic acids is 1. The molecule has 1 unspecified atom stereocenters. The van der Waals surface area contributed by atoms with E-state index in [2.05, 4.69) is 52.6 Å². The molecule has 0 saturated carbocycles. The number of benzene rings is 1. The zero-order chi connectivity index (χ0) is 15.6. The van der Waals surface area contributed by atoms with Gasteiger partial charge >= 0.3 is 0 Å². The number of carbonyl (C=O) groups is 1. The topological polar surface area (TPSA) is 20.3 Å². The zero-order valence-electron chi connectivity index (χ0n) is 13.0. The zero-order valence-corrected chi connectivity index (χ0v) is 16.1. The minimum atomic E-state index is 0.145. The fraction of sp³-hybridized carbons (Fsp3) is 0.588. The summed E-state index contributed by atoms with van der Waals surface area (Å²) >= 11 is 6.91. The van der Waals surface area contributed by atoms with Crippen LogP contribution in [0.1, 0.15) is 50.4 Å². The monoisotopic (exact) mass is 415 g/mol. The highest BCUT2D eigenvalue weighted by Crippen LogP contribution is 2.34. The summed E-state index contributed by atoms with van der Waals surface area (Å²) in [6.45, 7) is 8.65. The quantitative estimate of drug-likeness (QED) is 0.591. The van der Waals surface area contributed by atoms with E-state index in [0.717, 1.165) is 40.4 Å². The lowest BCUT2D eigenvalue weighted by atomic mass is 9.77. The molecule has 1 heterocycles. The summed E-state index contributed by atoms with van der Waals surface area (Å²) < 4.78 is 1.87. The van der Waals surface area contributed by atoms with Gasteiger partial charge in [-0.15, -0.1) is 0 Å². The Morgan fingerprint density at radius 3 is 2.29 bits per heavy atom. The predicted octanol–water partition coefficient (Wildman–Crippen LogP) is 5.50. The summed E-state index contributed by atoms with van der Waals surface area (Å²) in [5.74, 6) is 0.844. The molecule has 4 heteroatoms. The Kier molecular flexibility index (Phi) is 5.53. The molecule has 0 aliphatic carbocycles. The molecule has 1 amide bonds. The van der Waals surface area contributed by atoms with Gasteiger partial charge in [-0.05, 0) is 48.8 Å². The van der Waals surface area contributed by atoms with Crippen molar-refractivity contribution in [3.63, 3.8) is 0 Å². The number of amides is 1. The highest BCUT2D eigenvalue weighted by atomic mass is 79.9. The van der Waals surface area contributed by atoms with Gasteiger partial charge in [-0.25, -0.2) is 0 Å². The van der Waals surface area contributed by atoms with Gasteiger partial charge in [0.15, 0.2) is 0 Å². The second-order valence-electron chi connectivity index (χ2n) is 6.94. The molecule has 0 spiro atoms. The van der Waals surface area contributed by atoms with E-state index in [4.69, 9.17) is 0 Å². The first-order valence-corrected chi connectivity index (χ1v) is 9.11. The summed E-state index contributed by atoms with van der Waals surface area (Å²) in [6.07, 6.45) is 3.42. The SMILES string of the molecule is CC(C)(C)C1CCCN(C(=O)c2cc(Br)cc(Br)c2)CC1. The van der Waals surface area contributed by atoms with Gasteiger partial charge in [0.2, 0.25) is 0 Å². The molecule has 116 valence electrons. The largest absolute Gasteiger partial charge is 0.339 e. The fourth-order valence-electron chi connectivity index (χ4n) is 3.03. The van der Waals surface area contributed by atoms with Crippen molar-refractivity contribution >= 4 is 37.8 Å². The van der Waals surface area contributed by atoms with Gasteiger partial charge in [0, 0.05) is 27.6 Å². The van der Waals surface area contributed by atoms with E-state index >= 15 is 0 Å². The lowest BCUT2D eigenvalue weighted by Crippen LogP contribution is -2.32. The van der Waals surface area contributed by atoms with Crippen LogP contribution in [0.2, 0.25) is 0 Å². The Balaban J connectivity index is 2.10. The van der Waals surface area contributed by atoms with E-state index in [-0.39, 0.29) is 5.91 Å². The van der Waals surface area contributed by atoms with Crippen molar-refractivity contribution in [1.29, 1.82) is 0 Å². The van der Waals surface area contributed by atoms with Crippen LogP contribution in [0.4, 0.5) is 0 Å². The average Bonchev–Trinajstić information content (AvgIpc) is 2.61. The first kappa shape index (κ1) is 17.0. The van der Waals surface area contributed by atoms with Crippen molar-refractivity contribution in [1.82, 2.24) is 4.90 Å². The normalized spacial score (nSPS) is 20.2. The first-order valence-electron chi connectivity index (χ1n) is 7.53. The molecule has 0 bridgehead atoms. The van der Waals surface area contributed by atoms with Crippen molar-refractivity contribution in [2.45, 2.75) is 40.0 Å². The highest BCUT2D eigenvalue weighted by Gasteiger charge is 2.28. The van der Waals surface area contributed by atoms with Gasteiger partial charge < -0.3 is 4.90 Å². The molecule has 2 rings (SSSR count). The lowest BCUT2D eigenvalue weighted by Gasteiger charge is -2.29. The average molecular weight is 417 g/mol. The number of hydrogen-bond acceptors (Lipinski definition) is 1. The number of halogens is 2. The summed E-state index contributed by atoms with van der Waals surface area (Å²) in [4.78, 5) is 14.7. The molecule has 1 aromatic carbocycles. The molecule has 1 fully saturated rings. The van der Waals surface area contributed by atoms with Crippen molar-refractivity contribution in [2.24, 2.45) is 11.3 Å². The van der Waals surface area contributed by atoms with Crippen molar-refractivity contribution < 1.29 is 4.79 Å². The van der Waals surface area contributed by atoms with Gasteiger partial charge in [0.05, 0.1) is 0 Å². The lowest BCUT2D eigenvalue weighted by molar-refractivity contribution is 0.0755. The summed E-state index contributed by atoms with van der Waals surface area (Å²) in [7, 11) is 0. The summed E-state index contributed by atoms with van der Waals surface area (Å²) in [5, 5.41) is 0. The molecule has 1 aromatic rings. The Morgan fingerprint density at radius 2 is 1.71 bits per heavy atom. The maximum atomic E-state index is 12.7.